The Morgan fingerprint density at radius 3 is 2.95 bits per heavy atom. The van der Waals surface area contributed by atoms with Crippen molar-refractivity contribution < 1.29 is 9.90 Å². The molecule has 0 unspecified atom stereocenters. The van der Waals surface area contributed by atoms with E-state index in [1.54, 1.807) is 6.07 Å². The number of benzene rings is 1. The minimum Gasteiger partial charge on any atom is -0.393 e. The molecule has 3 rings (SSSR count). The van der Waals surface area contributed by atoms with E-state index in [1.807, 2.05) is 19.1 Å². The normalized spacial score (nSPS) is 21.2. The molecule has 5 nitrogen and oxygen atoms in total. The van der Waals surface area contributed by atoms with Crippen LogP contribution in [0.3, 0.4) is 0 Å². The topological polar surface area (TPSA) is 82.2 Å². The maximum Gasteiger partial charge on any atom is 0.256 e. The Hall–Kier alpha value is -2.14. The van der Waals surface area contributed by atoms with E-state index in [4.69, 9.17) is 0 Å². The van der Waals surface area contributed by atoms with Crippen LogP contribution in [0.1, 0.15) is 35.2 Å². The van der Waals surface area contributed by atoms with Crippen molar-refractivity contribution in [3.8, 4) is 0 Å². The van der Waals surface area contributed by atoms with Gasteiger partial charge in [0.05, 0.1) is 11.6 Å². The molecule has 0 radical (unpaired) electrons. The monoisotopic (exact) mass is 300 g/mol. The van der Waals surface area contributed by atoms with Crippen LogP contribution in [0.25, 0.3) is 10.9 Å². The van der Waals surface area contributed by atoms with Crippen molar-refractivity contribution in [1.29, 1.82) is 0 Å². The molecule has 22 heavy (non-hydrogen) atoms. The highest BCUT2D eigenvalue weighted by molar-refractivity contribution is 5.97. The SMILES string of the molecule is Cc1cccc2c(=O)c(C(=O)NC[C@@H]3CCC[C@H]3O)c[nH]c12. The number of carbonyl (C=O) groups excluding carboxylic acids is 1. The lowest BCUT2D eigenvalue weighted by atomic mass is 10.1. The van der Waals surface area contributed by atoms with Gasteiger partial charge in [0.15, 0.2) is 0 Å². The molecule has 3 N–H and O–H groups in total. The molecule has 0 aliphatic heterocycles. The van der Waals surface area contributed by atoms with E-state index in [-0.39, 0.29) is 28.9 Å². The zero-order valence-electron chi connectivity index (χ0n) is 12.6. The van der Waals surface area contributed by atoms with Gasteiger partial charge in [0, 0.05) is 24.0 Å². The largest absolute Gasteiger partial charge is 0.393 e. The molecule has 0 bridgehead atoms. The van der Waals surface area contributed by atoms with E-state index < -0.39 is 0 Å². The number of para-hydroxylation sites is 1. The molecule has 1 heterocycles. The highest BCUT2D eigenvalue weighted by atomic mass is 16.3. The number of fused-ring (bicyclic) bond motifs is 1. The molecule has 1 fully saturated rings. The number of carbonyl (C=O) groups is 1. The molecule has 1 saturated carbocycles. The molecule has 2 aromatic rings. The predicted octanol–water partition coefficient (Wildman–Crippen LogP) is 1.73. The van der Waals surface area contributed by atoms with Gasteiger partial charge in [-0.25, -0.2) is 0 Å². The van der Waals surface area contributed by atoms with Gasteiger partial charge in [0.1, 0.15) is 5.56 Å². The quantitative estimate of drug-likeness (QED) is 0.807. The number of aromatic amines is 1. The fraction of sp³-hybridized carbons (Fsp3) is 0.412. The Labute approximate surface area is 128 Å². The van der Waals surface area contributed by atoms with Gasteiger partial charge in [-0.3, -0.25) is 9.59 Å². The number of hydrogen-bond acceptors (Lipinski definition) is 3. The number of pyridine rings is 1. The molecule has 0 spiro atoms. The van der Waals surface area contributed by atoms with Crippen molar-refractivity contribution in [1.82, 2.24) is 10.3 Å². The Morgan fingerprint density at radius 2 is 2.23 bits per heavy atom. The maximum absolute atomic E-state index is 12.5. The molecule has 1 aliphatic carbocycles. The van der Waals surface area contributed by atoms with Gasteiger partial charge in [0.25, 0.3) is 5.91 Å². The average molecular weight is 300 g/mol. The van der Waals surface area contributed by atoms with Crippen LogP contribution in [0.5, 0.6) is 0 Å². The van der Waals surface area contributed by atoms with E-state index in [1.165, 1.54) is 6.20 Å². The lowest BCUT2D eigenvalue weighted by Gasteiger charge is -2.15. The number of rotatable bonds is 3. The number of hydrogen-bond donors (Lipinski definition) is 3. The Kier molecular flexibility index (Phi) is 3.98. The Balaban J connectivity index is 1.82. The summed E-state index contributed by atoms with van der Waals surface area (Å²) in [6.07, 6.45) is 3.80. The van der Waals surface area contributed by atoms with E-state index in [0.29, 0.717) is 11.9 Å². The zero-order chi connectivity index (χ0) is 15.7. The third-order valence-electron chi connectivity index (χ3n) is 4.51. The number of aliphatic hydroxyl groups is 1. The first-order valence-electron chi connectivity index (χ1n) is 7.65. The van der Waals surface area contributed by atoms with Gasteiger partial charge in [0.2, 0.25) is 5.43 Å². The molecular formula is C17H20N2O3. The molecule has 1 amide bonds. The molecule has 0 saturated heterocycles. The summed E-state index contributed by atoms with van der Waals surface area (Å²) in [5.41, 5.74) is 1.58. The van der Waals surface area contributed by atoms with Gasteiger partial charge in [-0.15, -0.1) is 0 Å². The van der Waals surface area contributed by atoms with Crippen molar-refractivity contribution in [2.24, 2.45) is 5.92 Å². The minimum absolute atomic E-state index is 0.0886. The Morgan fingerprint density at radius 1 is 1.41 bits per heavy atom. The molecule has 1 aromatic carbocycles. The highest BCUT2D eigenvalue weighted by Crippen LogP contribution is 2.24. The Bertz CT molecular complexity index is 766. The van der Waals surface area contributed by atoms with Crippen molar-refractivity contribution in [3.05, 3.63) is 45.7 Å². The number of H-pyrrole nitrogens is 1. The van der Waals surface area contributed by atoms with Gasteiger partial charge in [-0.05, 0) is 31.4 Å². The first-order valence-corrected chi connectivity index (χ1v) is 7.65. The minimum atomic E-state index is -0.385. The second kappa shape index (κ2) is 5.93. The smallest absolute Gasteiger partial charge is 0.256 e. The van der Waals surface area contributed by atoms with Gasteiger partial charge in [-0.2, -0.15) is 0 Å². The lowest BCUT2D eigenvalue weighted by Crippen LogP contribution is -2.35. The van der Waals surface area contributed by atoms with Crippen LogP contribution in [-0.4, -0.2) is 28.6 Å². The summed E-state index contributed by atoms with van der Waals surface area (Å²) in [6, 6.07) is 5.45. The number of amides is 1. The second-order valence-corrected chi connectivity index (χ2v) is 6.00. The molecule has 1 aromatic heterocycles. The van der Waals surface area contributed by atoms with Crippen molar-refractivity contribution in [2.75, 3.05) is 6.54 Å². The molecular weight excluding hydrogens is 280 g/mol. The van der Waals surface area contributed by atoms with E-state index in [2.05, 4.69) is 10.3 Å². The van der Waals surface area contributed by atoms with Crippen molar-refractivity contribution in [2.45, 2.75) is 32.3 Å². The van der Waals surface area contributed by atoms with Crippen LogP contribution in [-0.2, 0) is 0 Å². The van der Waals surface area contributed by atoms with E-state index >= 15 is 0 Å². The molecule has 2 atom stereocenters. The predicted molar refractivity (Wildman–Crippen MR) is 85.0 cm³/mol. The average Bonchev–Trinajstić information content (AvgIpc) is 2.91. The summed E-state index contributed by atoms with van der Waals surface area (Å²) in [5.74, 6) is -0.297. The van der Waals surface area contributed by atoms with E-state index in [0.717, 1.165) is 30.3 Å². The van der Waals surface area contributed by atoms with Gasteiger partial charge < -0.3 is 15.4 Å². The fourth-order valence-corrected chi connectivity index (χ4v) is 3.15. The van der Waals surface area contributed by atoms with Gasteiger partial charge in [-0.1, -0.05) is 18.6 Å². The maximum atomic E-state index is 12.5. The van der Waals surface area contributed by atoms with Crippen LogP contribution in [0.15, 0.2) is 29.2 Å². The summed E-state index contributed by atoms with van der Waals surface area (Å²) >= 11 is 0. The summed E-state index contributed by atoms with van der Waals surface area (Å²) < 4.78 is 0. The van der Waals surface area contributed by atoms with Crippen molar-refractivity contribution >= 4 is 16.8 Å². The molecule has 5 heteroatoms. The third-order valence-corrected chi connectivity index (χ3v) is 4.51. The number of aromatic nitrogens is 1. The number of aliphatic hydroxyl groups excluding tert-OH is 1. The summed E-state index contributed by atoms with van der Waals surface area (Å²) in [5, 5.41) is 13.1. The number of aryl methyl sites for hydroxylation is 1. The second-order valence-electron chi connectivity index (χ2n) is 6.00. The molecule has 1 aliphatic rings. The highest BCUT2D eigenvalue weighted by Gasteiger charge is 2.25. The van der Waals surface area contributed by atoms with Crippen molar-refractivity contribution in [3.63, 3.8) is 0 Å². The summed E-state index contributed by atoms with van der Waals surface area (Å²) in [4.78, 5) is 27.7. The first kappa shape index (κ1) is 14.8. The standard InChI is InChI=1S/C17H20N2O3/c1-10-4-2-6-12-15(10)18-9-13(16(12)21)17(22)19-8-11-5-3-7-14(11)20/h2,4,6,9,11,14,20H,3,5,7-8H2,1H3,(H,18,21)(H,19,22)/t11-,14+/m0/s1. The van der Waals surface area contributed by atoms with Crippen LogP contribution in [0, 0.1) is 12.8 Å². The lowest BCUT2D eigenvalue weighted by molar-refractivity contribution is 0.0915. The van der Waals surface area contributed by atoms with Crippen LogP contribution in [0.4, 0.5) is 0 Å². The van der Waals surface area contributed by atoms with Gasteiger partial charge >= 0.3 is 0 Å². The van der Waals surface area contributed by atoms with Crippen LogP contribution in [0.2, 0.25) is 0 Å². The third kappa shape index (κ3) is 2.64. The van der Waals surface area contributed by atoms with E-state index in [9.17, 15) is 14.7 Å². The summed E-state index contributed by atoms with van der Waals surface area (Å²) in [6.45, 7) is 2.32. The number of nitrogens with one attached hydrogen (secondary N) is 2. The van der Waals surface area contributed by atoms with Crippen LogP contribution >= 0.6 is 0 Å². The van der Waals surface area contributed by atoms with Crippen LogP contribution < -0.4 is 10.7 Å². The molecule has 116 valence electrons. The summed E-state index contributed by atoms with van der Waals surface area (Å²) in [7, 11) is 0. The first-order chi connectivity index (χ1) is 10.6. The zero-order valence-corrected chi connectivity index (χ0v) is 12.6. The fourth-order valence-electron chi connectivity index (χ4n) is 3.15.